The number of nitrogens with two attached hydrogens (primary N) is 1. The first kappa shape index (κ1) is 17.5. The Balaban J connectivity index is 3.01. The van der Waals surface area contributed by atoms with E-state index in [1.807, 2.05) is 6.92 Å². The van der Waals surface area contributed by atoms with E-state index in [1.54, 1.807) is 11.9 Å². The van der Waals surface area contributed by atoms with E-state index in [1.165, 1.54) is 0 Å². The highest BCUT2D eigenvalue weighted by Gasteiger charge is 2.34. The Morgan fingerprint density at radius 1 is 1.48 bits per heavy atom. The molecule has 0 radical (unpaired) electrons. The third-order valence-corrected chi connectivity index (χ3v) is 3.84. The zero-order valence-corrected chi connectivity index (χ0v) is 12.5. The van der Waals surface area contributed by atoms with Crippen molar-refractivity contribution in [2.45, 2.75) is 13.1 Å². The van der Waals surface area contributed by atoms with Crippen LogP contribution in [-0.2, 0) is 0 Å². The minimum absolute atomic E-state index is 0.0528. The van der Waals surface area contributed by atoms with E-state index in [-0.39, 0.29) is 10.7 Å². The van der Waals surface area contributed by atoms with Crippen LogP contribution in [0.2, 0.25) is 0 Å². The molecule has 0 saturated heterocycles. The van der Waals surface area contributed by atoms with Crippen molar-refractivity contribution in [3.8, 4) is 0 Å². The van der Waals surface area contributed by atoms with E-state index >= 15 is 0 Å². The van der Waals surface area contributed by atoms with Gasteiger partial charge in [0, 0.05) is 20.1 Å². The second-order valence-electron chi connectivity index (χ2n) is 4.29. The molecule has 0 bridgehead atoms. The van der Waals surface area contributed by atoms with Crippen molar-refractivity contribution in [2.24, 2.45) is 0 Å². The highest BCUT2D eigenvalue weighted by Crippen LogP contribution is 2.29. The van der Waals surface area contributed by atoms with Gasteiger partial charge >= 0.3 is 6.18 Å². The molecule has 0 atom stereocenters. The van der Waals surface area contributed by atoms with Gasteiger partial charge in [0.25, 0.3) is 5.91 Å². The van der Waals surface area contributed by atoms with E-state index < -0.39 is 31.8 Å². The molecule has 0 spiro atoms. The number of hydrogen-bond donors (Lipinski definition) is 2. The molecule has 0 aliphatic carbocycles. The Morgan fingerprint density at radius 3 is 2.57 bits per heavy atom. The topological polar surface area (TPSA) is 82.7 Å². The van der Waals surface area contributed by atoms with Crippen molar-refractivity contribution in [3.63, 3.8) is 0 Å². The van der Waals surface area contributed by atoms with Gasteiger partial charge in [0.05, 0.1) is 6.61 Å². The smallest absolute Gasteiger partial charge is 0.395 e. The molecule has 0 fully saturated rings. The molecule has 1 rings (SSSR count). The molecule has 10 heteroatoms. The highest BCUT2D eigenvalue weighted by molar-refractivity contribution is 7.18. The standard InChI is InChI=1S/C11H17F3N4O2S/c1-3-17(2)10-16-8(15)7(21-10)9(20)18(4-5-19)6-11(12,13)14/h19H,3-6,15H2,1-2H3. The number of nitrogen functional groups attached to an aromatic ring is 1. The Kier molecular flexibility index (Phi) is 5.78. The van der Waals surface area contributed by atoms with E-state index in [0.717, 1.165) is 11.3 Å². The van der Waals surface area contributed by atoms with Crippen molar-refractivity contribution in [1.82, 2.24) is 9.88 Å². The van der Waals surface area contributed by atoms with Crippen molar-refractivity contribution < 1.29 is 23.1 Å². The largest absolute Gasteiger partial charge is 0.406 e. The number of carbonyl (C=O) groups is 1. The first-order valence-electron chi connectivity index (χ1n) is 6.14. The van der Waals surface area contributed by atoms with Gasteiger partial charge in [-0.15, -0.1) is 0 Å². The van der Waals surface area contributed by atoms with Gasteiger partial charge in [-0.3, -0.25) is 4.79 Å². The lowest BCUT2D eigenvalue weighted by atomic mass is 10.3. The number of hydrogen-bond acceptors (Lipinski definition) is 6. The number of aliphatic hydroxyl groups excluding tert-OH is 1. The second kappa shape index (κ2) is 6.94. The van der Waals surface area contributed by atoms with Gasteiger partial charge in [-0.1, -0.05) is 11.3 Å². The normalized spacial score (nSPS) is 11.5. The van der Waals surface area contributed by atoms with Gasteiger partial charge < -0.3 is 20.6 Å². The Bertz CT molecular complexity index is 492. The van der Waals surface area contributed by atoms with Crippen LogP contribution in [0.4, 0.5) is 24.1 Å². The third kappa shape index (κ3) is 4.74. The number of halogens is 3. The van der Waals surface area contributed by atoms with Crippen molar-refractivity contribution in [2.75, 3.05) is 43.9 Å². The average Bonchev–Trinajstić information content (AvgIpc) is 2.77. The van der Waals surface area contributed by atoms with Gasteiger partial charge in [-0.05, 0) is 6.92 Å². The summed E-state index contributed by atoms with van der Waals surface area (Å²) in [6.07, 6.45) is -4.55. The summed E-state index contributed by atoms with van der Waals surface area (Å²) in [5.74, 6) is -0.988. The summed E-state index contributed by atoms with van der Waals surface area (Å²) in [5, 5.41) is 9.27. The molecule has 1 aromatic heterocycles. The number of rotatable bonds is 6. The highest BCUT2D eigenvalue weighted by atomic mass is 32.1. The number of amides is 1. The number of carbonyl (C=O) groups excluding carboxylic acids is 1. The minimum Gasteiger partial charge on any atom is -0.395 e. The molecule has 6 nitrogen and oxygen atoms in total. The molecular weight excluding hydrogens is 309 g/mol. The average molecular weight is 326 g/mol. The first-order chi connectivity index (χ1) is 9.69. The zero-order chi connectivity index (χ0) is 16.2. The molecule has 21 heavy (non-hydrogen) atoms. The molecule has 0 aliphatic heterocycles. The minimum atomic E-state index is -4.55. The Hall–Kier alpha value is -1.55. The van der Waals surface area contributed by atoms with Crippen LogP contribution in [0, 0.1) is 0 Å². The van der Waals surface area contributed by atoms with E-state index in [0.29, 0.717) is 16.6 Å². The summed E-state index contributed by atoms with van der Waals surface area (Å²) >= 11 is 0.930. The molecule has 1 amide bonds. The SMILES string of the molecule is CCN(C)c1nc(N)c(C(=O)N(CCO)CC(F)(F)F)s1. The molecule has 1 heterocycles. The van der Waals surface area contributed by atoms with Gasteiger partial charge in [0.2, 0.25) is 0 Å². The maximum atomic E-state index is 12.5. The third-order valence-electron chi connectivity index (χ3n) is 2.66. The monoisotopic (exact) mass is 326 g/mol. The van der Waals surface area contributed by atoms with Crippen molar-refractivity contribution in [3.05, 3.63) is 4.88 Å². The molecule has 0 aromatic carbocycles. The maximum absolute atomic E-state index is 12.5. The summed E-state index contributed by atoms with van der Waals surface area (Å²) in [6.45, 7) is 0.0455. The number of thiazole rings is 1. The molecule has 0 aliphatic rings. The van der Waals surface area contributed by atoms with E-state index in [4.69, 9.17) is 10.8 Å². The number of nitrogens with zero attached hydrogens (tertiary/aromatic N) is 3. The second-order valence-corrected chi connectivity index (χ2v) is 5.27. The quantitative estimate of drug-likeness (QED) is 0.820. The van der Waals surface area contributed by atoms with Crippen LogP contribution in [0.1, 0.15) is 16.6 Å². The maximum Gasteiger partial charge on any atom is 0.406 e. The van der Waals surface area contributed by atoms with Crippen molar-refractivity contribution in [1.29, 1.82) is 0 Å². The Labute approximate surface area is 124 Å². The van der Waals surface area contributed by atoms with Gasteiger partial charge in [0.1, 0.15) is 17.2 Å². The fourth-order valence-corrected chi connectivity index (χ4v) is 2.48. The number of aliphatic hydroxyl groups is 1. The summed E-state index contributed by atoms with van der Waals surface area (Å²) in [6, 6.07) is 0. The van der Waals surface area contributed by atoms with Crippen LogP contribution >= 0.6 is 11.3 Å². The lowest BCUT2D eigenvalue weighted by molar-refractivity contribution is -0.141. The van der Waals surface area contributed by atoms with Crippen LogP contribution in [0.25, 0.3) is 0 Å². The van der Waals surface area contributed by atoms with E-state index in [2.05, 4.69) is 4.98 Å². The predicted molar refractivity (Wildman–Crippen MR) is 74.5 cm³/mol. The van der Waals surface area contributed by atoms with Gasteiger partial charge in [-0.25, -0.2) is 4.98 Å². The molecule has 0 saturated carbocycles. The number of anilines is 2. The first-order valence-corrected chi connectivity index (χ1v) is 6.95. The van der Waals surface area contributed by atoms with Crippen LogP contribution in [0.5, 0.6) is 0 Å². The van der Waals surface area contributed by atoms with Crippen molar-refractivity contribution >= 4 is 28.2 Å². The number of alkyl halides is 3. The van der Waals surface area contributed by atoms with E-state index in [9.17, 15) is 18.0 Å². The molecule has 3 N–H and O–H groups in total. The molecule has 120 valence electrons. The summed E-state index contributed by atoms with van der Waals surface area (Å²) < 4.78 is 37.4. The zero-order valence-electron chi connectivity index (χ0n) is 11.6. The van der Waals surface area contributed by atoms with Crippen LogP contribution in [0.3, 0.4) is 0 Å². The van der Waals surface area contributed by atoms with Crippen LogP contribution < -0.4 is 10.6 Å². The lowest BCUT2D eigenvalue weighted by Gasteiger charge is -2.22. The summed E-state index contributed by atoms with van der Waals surface area (Å²) in [7, 11) is 1.73. The fourth-order valence-electron chi connectivity index (χ4n) is 1.51. The number of aromatic nitrogens is 1. The van der Waals surface area contributed by atoms with Crippen LogP contribution in [-0.4, -0.2) is 60.4 Å². The van der Waals surface area contributed by atoms with Gasteiger partial charge in [-0.2, -0.15) is 13.2 Å². The lowest BCUT2D eigenvalue weighted by Crippen LogP contribution is -2.40. The Morgan fingerprint density at radius 2 is 2.10 bits per heavy atom. The summed E-state index contributed by atoms with van der Waals surface area (Å²) in [5.41, 5.74) is 5.61. The van der Waals surface area contributed by atoms with Gasteiger partial charge in [0.15, 0.2) is 5.13 Å². The molecular formula is C11H17F3N4O2S. The summed E-state index contributed by atoms with van der Waals surface area (Å²) in [4.78, 5) is 18.3. The molecule has 1 aromatic rings. The van der Waals surface area contributed by atoms with Crippen LogP contribution in [0.15, 0.2) is 0 Å². The molecule has 0 unspecified atom stereocenters. The fraction of sp³-hybridized carbons (Fsp3) is 0.636. The predicted octanol–water partition coefficient (Wildman–Crippen LogP) is 1.18.